The maximum Gasteiger partial charge on any atom is 0.292 e. The second kappa shape index (κ2) is 9.51. The van der Waals surface area contributed by atoms with Gasteiger partial charge < -0.3 is 15.0 Å². The quantitative estimate of drug-likeness (QED) is 0.561. The van der Waals surface area contributed by atoms with E-state index in [0.717, 1.165) is 50.9 Å². The number of nitro benzene ring substituents is 1. The number of rotatable bonds is 7. The van der Waals surface area contributed by atoms with Crippen LogP contribution in [0.2, 0.25) is 0 Å². The lowest BCUT2D eigenvalue weighted by molar-refractivity contribution is -0.384. The standard InChI is InChI=1S/C21H33N3O3/c1-3-13-27-19-6-4-5-18(15-19)23-11-9-17(10-12-23)22-20-14-16(2)7-8-21(20)24(25)26/h7-8,14,17-19,22H,3-6,9-13,15H2,1-2H3/t18-,19+/m0/s1. The lowest BCUT2D eigenvalue weighted by Gasteiger charge is -2.41. The first-order chi connectivity index (χ1) is 13.1. The van der Waals surface area contributed by atoms with Gasteiger partial charge in [-0.15, -0.1) is 0 Å². The molecule has 6 heteroatoms. The third-order valence-corrected chi connectivity index (χ3v) is 5.91. The predicted octanol–water partition coefficient (Wildman–Crippen LogP) is 4.52. The van der Waals surface area contributed by atoms with Gasteiger partial charge in [-0.1, -0.05) is 13.0 Å². The average Bonchev–Trinajstić information content (AvgIpc) is 2.67. The Hall–Kier alpha value is -1.66. The lowest BCUT2D eigenvalue weighted by atomic mass is 9.90. The van der Waals surface area contributed by atoms with E-state index in [2.05, 4.69) is 17.1 Å². The molecule has 0 bridgehead atoms. The minimum absolute atomic E-state index is 0.172. The van der Waals surface area contributed by atoms with Crippen LogP contribution in [0.15, 0.2) is 18.2 Å². The summed E-state index contributed by atoms with van der Waals surface area (Å²) in [5.74, 6) is 0. The summed E-state index contributed by atoms with van der Waals surface area (Å²) in [6.45, 7) is 7.12. The molecule has 1 aliphatic heterocycles. The van der Waals surface area contributed by atoms with Gasteiger partial charge in [0.15, 0.2) is 0 Å². The highest BCUT2D eigenvalue weighted by Crippen LogP contribution is 2.30. The van der Waals surface area contributed by atoms with Gasteiger partial charge in [-0.2, -0.15) is 0 Å². The van der Waals surface area contributed by atoms with Crippen LogP contribution < -0.4 is 5.32 Å². The normalized spacial score (nSPS) is 24.7. The number of nitro groups is 1. The molecule has 1 aliphatic carbocycles. The van der Waals surface area contributed by atoms with Crippen LogP contribution >= 0.6 is 0 Å². The minimum atomic E-state index is -0.296. The summed E-state index contributed by atoms with van der Waals surface area (Å²) < 4.78 is 6.00. The zero-order valence-electron chi connectivity index (χ0n) is 16.7. The van der Waals surface area contributed by atoms with Crippen molar-refractivity contribution in [2.45, 2.75) is 77.0 Å². The second-order valence-corrected chi connectivity index (χ2v) is 8.05. The number of hydrogen-bond donors (Lipinski definition) is 1. The number of hydrogen-bond acceptors (Lipinski definition) is 5. The first kappa shape index (κ1) is 20.1. The molecule has 1 saturated carbocycles. The molecule has 150 valence electrons. The van der Waals surface area contributed by atoms with Crippen LogP contribution in [-0.2, 0) is 4.74 Å². The Morgan fingerprint density at radius 3 is 2.74 bits per heavy atom. The highest BCUT2D eigenvalue weighted by molar-refractivity contribution is 5.63. The lowest BCUT2D eigenvalue weighted by Crippen LogP contribution is -2.47. The summed E-state index contributed by atoms with van der Waals surface area (Å²) in [6, 6.07) is 6.23. The SMILES string of the molecule is CCCO[C@@H]1CCC[C@H](N2CCC(Nc3cc(C)ccc3[N+](=O)[O-])CC2)C1. The van der Waals surface area contributed by atoms with Crippen molar-refractivity contribution in [2.24, 2.45) is 0 Å². The average molecular weight is 376 g/mol. The van der Waals surface area contributed by atoms with E-state index < -0.39 is 0 Å². The van der Waals surface area contributed by atoms with Gasteiger partial charge >= 0.3 is 0 Å². The molecule has 1 heterocycles. The summed E-state index contributed by atoms with van der Waals surface area (Å²) in [5, 5.41) is 14.7. The Morgan fingerprint density at radius 2 is 2.04 bits per heavy atom. The van der Waals surface area contributed by atoms with Crippen LogP contribution in [0.25, 0.3) is 0 Å². The van der Waals surface area contributed by atoms with E-state index in [1.807, 2.05) is 13.0 Å². The van der Waals surface area contributed by atoms with Crippen LogP contribution in [0.3, 0.4) is 0 Å². The number of anilines is 1. The predicted molar refractivity (Wildman–Crippen MR) is 108 cm³/mol. The topological polar surface area (TPSA) is 67.6 Å². The fourth-order valence-corrected chi connectivity index (χ4v) is 4.44. The van der Waals surface area contributed by atoms with Crippen molar-refractivity contribution < 1.29 is 9.66 Å². The van der Waals surface area contributed by atoms with Crippen molar-refractivity contribution in [3.8, 4) is 0 Å². The Labute approximate surface area is 162 Å². The molecule has 0 spiro atoms. The number of nitrogens with zero attached hydrogens (tertiary/aromatic N) is 2. The molecule has 6 nitrogen and oxygen atoms in total. The van der Waals surface area contributed by atoms with Gasteiger partial charge in [-0.25, -0.2) is 0 Å². The molecule has 1 aromatic carbocycles. The van der Waals surface area contributed by atoms with Crippen molar-refractivity contribution in [3.05, 3.63) is 33.9 Å². The molecule has 0 unspecified atom stereocenters. The van der Waals surface area contributed by atoms with E-state index in [4.69, 9.17) is 4.74 Å². The van der Waals surface area contributed by atoms with E-state index in [9.17, 15) is 10.1 Å². The fourth-order valence-electron chi connectivity index (χ4n) is 4.44. The second-order valence-electron chi connectivity index (χ2n) is 8.05. The van der Waals surface area contributed by atoms with Crippen LogP contribution in [-0.4, -0.2) is 47.7 Å². The Bertz CT molecular complexity index is 629. The van der Waals surface area contributed by atoms with Gasteiger partial charge in [0.2, 0.25) is 0 Å². The number of likely N-dealkylation sites (tertiary alicyclic amines) is 1. The summed E-state index contributed by atoms with van der Waals surface area (Å²) in [7, 11) is 0. The highest BCUT2D eigenvalue weighted by atomic mass is 16.6. The molecule has 0 radical (unpaired) electrons. The number of piperidine rings is 1. The van der Waals surface area contributed by atoms with Gasteiger partial charge in [0, 0.05) is 37.8 Å². The zero-order valence-corrected chi connectivity index (χ0v) is 16.7. The maximum atomic E-state index is 11.3. The first-order valence-corrected chi connectivity index (χ1v) is 10.4. The van der Waals surface area contributed by atoms with Gasteiger partial charge in [-0.05, 0) is 63.5 Å². The van der Waals surface area contributed by atoms with Crippen molar-refractivity contribution in [1.82, 2.24) is 4.90 Å². The summed E-state index contributed by atoms with van der Waals surface area (Å²) >= 11 is 0. The molecule has 0 amide bonds. The van der Waals surface area contributed by atoms with E-state index in [1.165, 1.54) is 19.3 Å². The Morgan fingerprint density at radius 1 is 1.26 bits per heavy atom. The van der Waals surface area contributed by atoms with E-state index in [-0.39, 0.29) is 10.6 Å². The van der Waals surface area contributed by atoms with Crippen molar-refractivity contribution in [3.63, 3.8) is 0 Å². The monoisotopic (exact) mass is 375 g/mol. The van der Waals surface area contributed by atoms with Gasteiger partial charge in [-0.3, -0.25) is 10.1 Å². The van der Waals surface area contributed by atoms with Crippen LogP contribution in [0.4, 0.5) is 11.4 Å². The number of aryl methyl sites for hydroxylation is 1. The van der Waals surface area contributed by atoms with E-state index in [1.54, 1.807) is 12.1 Å². The van der Waals surface area contributed by atoms with Crippen LogP contribution in [0.1, 0.15) is 57.4 Å². The molecule has 1 N–H and O–H groups in total. The number of benzene rings is 1. The van der Waals surface area contributed by atoms with Gasteiger partial charge in [0.05, 0.1) is 11.0 Å². The van der Waals surface area contributed by atoms with Crippen molar-refractivity contribution >= 4 is 11.4 Å². The van der Waals surface area contributed by atoms with Crippen molar-refractivity contribution in [1.29, 1.82) is 0 Å². The zero-order chi connectivity index (χ0) is 19.2. The molecule has 27 heavy (non-hydrogen) atoms. The van der Waals surface area contributed by atoms with Crippen LogP contribution in [0.5, 0.6) is 0 Å². The number of nitrogens with one attached hydrogen (secondary N) is 1. The van der Waals surface area contributed by atoms with Crippen LogP contribution in [0, 0.1) is 17.0 Å². The summed E-state index contributed by atoms with van der Waals surface area (Å²) in [6.07, 6.45) is 8.45. The van der Waals surface area contributed by atoms with Gasteiger partial charge in [0.1, 0.15) is 5.69 Å². The molecule has 1 aromatic rings. The maximum absolute atomic E-state index is 11.3. The highest BCUT2D eigenvalue weighted by Gasteiger charge is 2.30. The first-order valence-electron chi connectivity index (χ1n) is 10.4. The summed E-state index contributed by atoms with van der Waals surface area (Å²) in [4.78, 5) is 13.6. The molecule has 1 saturated heterocycles. The van der Waals surface area contributed by atoms with Crippen molar-refractivity contribution in [2.75, 3.05) is 25.0 Å². The largest absolute Gasteiger partial charge is 0.378 e. The molecule has 2 atom stereocenters. The molecule has 2 fully saturated rings. The van der Waals surface area contributed by atoms with E-state index in [0.29, 0.717) is 23.9 Å². The summed E-state index contributed by atoms with van der Waals surface area (Å²) in [5.41, 5.74) is 1.87. The Kier molecular flexibility index (Phi) is 7.07. The molecule has 0 aromatic heterocycles. The minimum Gasteiger partial charge on any atom is -0.378 e. The third kappa shape index (κ3) is 5.42. The molecular weight excluding hydrogens is 342 g/mol. The molecule has 3 rings (SSSR count). The third-order valence-electron chi connectivity index (χ3n) is 5.91. The smallest absolute Gasteiger partial charge is 0.292 e. The number of ether oxygens (including phenoxy) is 1. The van der Waals surface area contributed by atoms with E-state index >= 15 is 0 Å². The molecule has 2 aliphatic rings. The Balaban J connectivity index is 1.52. The van der Waals surface area contributed by atoms with Gasteiger partial charge in [0.25, 0.3) is 5.69 Å². The fraction of sp³-hybridized carbons (Fsp3) is 0.714. The molecular formula is C21H33N3O3.